The van der Waals surface area contributed by atoms with Gasteiger partial charge in [-0.15, -0.1) is 0 Å². The van der Waals surface area contributed by atoms with Gasteiger partial charge in [0.1, 0.15) is 17.2 Å². The fourth-order valence-corrected chi connectivity index (χ4v) is 4.28. The molecule has 1 aromatic carbocycles. The first-order valence-electron chi connectivity index (χ1n) is 11.8. The van der Waals surface area contributed by atoms with Gasteiger partial charge in [-0.25, -0.2) is 14.4 Å². The summed E-state index contributed by atoms with van der Waals surface area (Å²) in [6.07, 6.45) is 6.78. The van der Waals surface area contributed by atoms with Crippen LogP contribution in [-0.4, -0.2) is 36.0 Å². The number of carbonyl (C=O) groups is 1. The molecule has 0 fully saturated rings. The Hall–Kier alpha value is -4.92. The Balaban J connectivity index is 1.41. The van der Waals surface area contributed by atoms with Gasteiger partial charge in [0.15, 0.2) is 5.65 Å². The van der Waals surface area contributed by atoms with E-state index in [1.807, 2.05) is 44.2 Å². The zero-order valence-electron chi connectivity index (χ0n) is 20.1. The SMILES string of the molecule is CC(C)C(=O)Nc1cncc(-c2cnc3[nH]nc(-c4cc5c(-c6cccc(F)c6)ccnc5[nH]4)c3c2)c1. The lowest BCUT2D eigenvalue weighted by atomic mass is 10.0. The normalized spacial score (nSPS) is 11.5. The van der Waals surface area contributed by atoms with E-state index in [0.29, 0.717) is 22.7 Å². The summed E-state index contributed by atoms with van der Waals surface area (Å²) >= 11 is 0. The van der Waals surface area contributed by atoms with Crippen LogP contribution in [0, 0.1) is 11.7 Å². The van der Waals surface area contributed by atoms with Crippen LogP contribution in [0.1, 0.15) is 13.8 Å². The second kappa shape index (κ2) is 8.94. The minimum absolute atomic E-state index is 0.0744. The number of nitrogens with one attached hydrogen (secondary N) is 3. The average molecular weight is 492 g/mol. The summed E-state index contributed by atoms with van der Waals surface area (Å²) in [5, 5.41) is 12.1. The number of H-pyrrole nitrogens is 2. The second-order valence-corrected chi connectivity index (χ2v) is 9.11. The molecule has 1 amide bonds. The highest BCUT2D eigenvalue weighted by Gasteiger charge is 2.16. The highest BCUT2D eigenvalue weighted by molar-refractivity contribution is 6.00. The summed E-state index contributed by atoms with van der Waals surface area (Å²) in [5.41, 5.74) is 6.66. The molecule has 9 heteroatoms. The van der Waals surface area contributed by atoms with Gasteiger partial charge >= 0.3 is 0 Å². The average Bonchev–Trinajstić information content (AvgIpc) is 3.52. The van der Waals surface area contributed by atoms with E-state index >= 15 is 0 Å². The molecule has 0 saturated carbocycles. The van der Waals surface area contributed by atoms with Crippen LogP contribution >= 0.6 is 0 Å². The van der Waals surface area contributed by atoms with Gasteiger partial charge in [0.2, 0.25) is 5.91 Å². The molecule has 8 nitrogen and oxygen atoms in total. The molecule has 0 aliphatic carbocycles. The molecule has 0 aliphatic rings. The summed E-state index contributed by atoms with van der Waals surface area (Å²) in [7, 11) is 0. The highest BCUT2D eigenvalue weighted by atomic mass is 19.1. The molecule has 5 heterocycles. The van der Waals surface area contributed by atoms with E-state index in [1.165, 1.54) is 12.1 Å². The largest absolute Gasteiger partial charge is 0.338 e. The lowest BCUT2D eigenvalue weighted by Gasteiger charge is -2.09. The summed E-state index contributed by atoms with van der Waals surface area (Å²) < 4.78 is 13.9. The number of hydrogen-bond acceptors (Lipinski definition) is 5. The van der Waals surface area contributed by atoms with Gasteiger partial charge in [-0.1, -0.05) is 26.0 Å². The molecule has 0 spiro atoms. The molecule has 0 bridgehead atoms. The van der Waals surface area contributed by atoms with Crippen LogP contribution in [0.15, 0.2) is 73.3 Å². The van der Waals surface area contributed by atoms with E-state index in [9.17, 15) is 9.18 Å². The molecule has 0 aliphatic heterocycles. The zero-order chi connectivity index (χ0) is 25.5. The van der Waals surface area contributed by atoms with Crippen LogP contribution in [0.25, 0.3) is 55.7 Å². The zero-order valence-corrected chi connectivity index (χ0v) is 20.1. The molecule has 0 atom stereocenters. The number of fused-ring (bicyclic) bond motifs is 2. The Morgan fingerprint density at radius 1 is 0.919 bits per heavy atom. The molecule has 182 valence electrons. The number of amides is 1. The first kappa shape index (κ1) is 22.5. The maximum absolute atomic E-state index is 13.9. The van der Waals surface area contributed by atoms with Gasteiger partial charge in [-0.05, 0) is 47.5 Å². The third kappa shape index (κ3) is 4.20. The number of pyridine rings is 3. The van der Waals surface area contributed by atoms with Crippen molar-refractivity contribution in [1.82, 2.24) is 30.1 Å². The van der Waals surface area contributed by atoms with Crippen molar-refractivity contribution < 1.29 is 9.18 Å². The maximum Gasteiger partial charge on any atom is 0.226 e. The standard InChI is InChI=1S/C28H22FN7O/c1-15(2)28(37)33-20-9-17(12-30-14-20)18-10-23-25(35-36-27(23)32-13-18)24-11-22-21(6-7-31-26(22)34-24)16-4-3-5-19(29)8-16/h3-15H,1-2H3,(H,31,34)(H,33,37)(H,32,35,36). The fourth-order valence-electron chi connectivity index (χ4n) is 4.28. The number of halogens is 1. The van der Waals surface area contributed by atoms with Crippen LogP contribution in [0.4, 0.5) is 10.1 Å². The molecule has 0 saturated heterocycles. The maximum atomic E-state index is 13.9. The number of carbonyl (C=O) groups excluding carboxylic acids is 1. The van der Waals surface area contributed by atoms with E-state index in [4.69, 9.17) is 0 Å². The first-order chi connectivity index (χ1) is 18.0. The smallest absolute Gasteiger partial charge is 0.226 e. The van der Waals surface area contributed by atoms with E-state index in [2.05, 4.69) is 35.5 Å². The topological polar surface area (TPSA) is 112 Å². The molecule has 37 heavy (non-hydrogen) atoms. The third-order valence-corrected chi connectivity index (χ3v) is 6.20. The molecular weight excluding hydrogens is 469 g/mol. The Morgan fingerprint density at radius 2 is 1.78 bits per heavy atom. The van der Waals surface area contributed by atoms with Crippen molar-refractivity contribution in [2.24, 2.45) is 5.92 Å². The second-order valence-electron chi connectivity index (χ2n) is 9.11. The minimum Gasteiger partial charge on any atom is -0.338 e. The van der Waals surface area contributed by atoms with Crippen LogP contribution in [0.3, 0.4) is 0 Å². The molecule has 6 rings (SSSR count). The van der Waals surface area contributed by atoms with Crippen molar-refractivity contribution in [3.05, 3.63) is 79.1 Å². The summed E-state index contributed by atoms with van der Waals surface area (Å²) in [5.74, 6) is -0.505. The number of nitrogens with zero attached hydrogens (tertiary/aromatic N) is 4. The van der Waals surface area contributed by atoms with Gasteiger partial charge < -0.3 is 10.3 Å². The minimum atomic E-state index is -0.294. The summed E-state index contributed by atoms with van der Waals surface area (Å²) in [6, 6.07) is 14.2. The van der Waals surface area contributed by atoms with E-state index < -0.39 is 0 Å². The molecule has 6 aromatic rings. The van der Waals surface area contributed by atoms with Gasteiger partial charge in [0.25, 0.3) is 0 Å². The third-order valence-electron chi connectivity index (χ3n) is 6.20. The van der Waals surface area contributed by atoms with Crippen molar-refractivity contribution in [3.63, 3.8) is 0 Å². The number of anilines is 1. The van der Waals surface area contributed by atoms with Crippen LogP contribution in [0.5, 0.6) is 0 Å². The molecule has 0 radical (unpaired) electrons. The van der Waals surface area contributed by atoms with E-state index in [1.54, 1.807) is 30.9 Å². The van der Waals surface area contributed by atoms with Crippen molar-refractivity contribution in [3.8, 4) is 33.6 Å². The van der Waals surface area contributed by atoms with Crippen LogP contribution < -0.4 is 5.32 Å². The van der Waals surface area contributed by atoms with Gasteiger partial charge in [0.05, 0.1) is 17.6 Å². The predicted octanol–water partition coefficient (Wildman–Crippen LogP) is 5.96. The molecule has 0 unspecified atom stereocenters. The molecule has 5 aromatic heterocycles. The lowest BCUT2D eigenvalue weighted by Crippen LogP contribution is -2.17. The molecule has 3 N–H and O–H groups in total. The van der Waals surface area contributed by atoms with Crippen molar-refractivity contribution in [1.29, 1.82) is 0 Å². The summed E-state index contributed by atoms with van der Waals surface area (Å²) in [6.45, 7) is 3.68. The number of aromatic nitrogens is 6. The van der Waals surface area contributed by atoms with E-state index in [-0.39, 0.29) is 17.6 Å². The van der Waals surface area contributed by atoms with Crippen molar-refractivity contribution in [2.45, 2.75) is 13.8 Å². The Morgan fingerprint density at radius 3 is 2.62 bits per heavy atom. The predicted molar refractivity (Wildman–Crippen MR) is 141 cm³/mol. The van der Waals surface area contributed by atoms with Crippen LogP contribution in [0.2, 0.25) is 0 Å². The first-order valence-corrected chi connectivity index (χ1v) is 11.8. The van der Waals surface area contributed by atoms with E-state index in [0.717, 1.165) is 38.7 Å². The Labute approximate surface area is 211 Å². The Kier molecular flexibility index (Phi) is 5.45. The number of rotatable bonds is 5. The van der Waals surface area contributed by atoms with Gasteiger partial charge in [-0.3, -0.25) is 14.9 Å². The van der Waals surface area contributed by atoms with Crippen LogP contribution in [-0.2, 0) is 4.79 Å². The summed E-state index contributed by atoms with van der Waals surface area (Å²) in [4.78, 5) is 28.8. The van der Waals surface area contributed by atoms with Crippen molar-refractivity contribution in [2.75, 3.05) is 5.32 Å². The van der Waals surface area contributed by atoms with Gasteiger partial charge in [-0.2, -0.15) is 5.10 Å². The Bertz CT molecular complexity index is 1790. The number of aromatic amines is 2. The lowest BCUT2D eigenvalue weighted by molar-refractivity contribution is -0.118. The molecular formula is C28H22FN7O. The number of hydrogen-bond donors (Lipinski definition) is 3. The number of benzene rings is 1. The van der Waals surface area contributed by atoms with Crippen molar-refractivity contribution >= 4 is 33.7 Å². The monoisotopic (exact) mass is 491 g/mol. The highest BCUT2D eigenvalue weighted by Crippen LogP contribution is 2.34. The van der Waals surface area contributed by atoms with Gasteiger partial charge in [0, 0.05) is 46.4 Å². The quantitative estimate of drug-likeness (QED) is 0.275. The fraction of sp³-hybridized carbons (Fsp3) is 0.107.